The van der Waals surface area contributed by atoms with Crippen molar-refractivity contribution < 1.29 is 4.39 Å². The molecule has 0 aliphatic heterocycles. The molecule has 0 aliphatic rings. The van der Waals surface area contributed by atoms with Gasteiger partial charge in [-0.25, -0.2) is 4.39 Å². The van der Waals surface area contributed by atoms with Gasteiger partial charge < -0.3 is 0 Å². The number of allylic oxidation sites excluding steroid dienone is 1. The molecular weight excluding hydrogens is 200 g/mol. The third-order valence-corrected chi connectivity index (χ3v) is 1.59. The van der Waals surface area contributed by atoms with Crippen molar-refractivity contribution in [1.82, 2.24) is 4.98 Å². The molecule has 1 aromatic rings. The van der Waals surface area contributed by atoms with Gasteiger partial charge in [0.05, 0.1) is 10.7 Å². The lowest BCUT2D eigenvalue weighted by molar-refractivity contribution is 0.618. The minimum Gasteiger partial charge on any atom is -0.252 e. The first-order chi connectivity index (χ1) is 5.74. The fourth-order valence-electron chi connectivity index (χ4n) is 0.704. The van der Waals surface area contributed by atoms with Crippen molar-refractivity contribution >= 4 is 29.3 Å². The molecule has 64 valence electrons. The lowest BCUT2D eigenvalue weighted by Crippen LogP contribution is -1.86. The summed E-state index contributed by atoms with van der Waals surface area (Å²) in [5.74, 6) is -0.104. The third-order valence-electron chi connectivity index (χ3n) is 1.20. The second-order valence-electron chi connectivity index (χ2n) is 2.08. The SMILES string of the molecule is Fc1cc(Cl)cnc1C=CCCl. The van der Waals surface area contributed by atoms with E-state index in [2.05, 4.69) is 4.98 Å². The highest BCUT2D eigenvalue weighted by Gasteiger charge is 1.99. The van der Waals surface area contributed by atoms with Gasteiger partial charge in [-0.3, -0.25) is 4.98 Å². The largest absolute Gasteiger partial charge is 0.252 e. The number of aromatic nitrogens is 1. The maximum atomic E-state index is 12.9. The minimum absolute atomic E-state index is 0.250. The molecule has 1 rings (SSSR count). The van der Waals surface area contributed by atoms with Crippen molar-refractivity contribution in [2.75, 3.05) is 5.88 Å². The van der Waals surface area contributed by atoms with Crippen molar-refractivity contribution in [2.24, 2.45) is 0 Å². The number of halogens is 3. The number of pyridine rings is 1. The zero-order valence-electron chi connectivity index (χ0n) is 6.10. The van der Waals surface area contributed by atoms with E-state index in [0.717, 1.165) is 0 Å². The topological polar surface area (TPSA) is 12.9 Å². The lowest BCUT2D eigenvalue weighted by atomic mass is 10.3. The second-order valence-corrected chi connectivity index (χ2v) is 2.82. The van der Waals surface area contributed by atoms with Crippen molar-refractivity contribution in [3.05, 3.63) is 34.9 Å². The zero-order chi connectivity index (χ0) is 8.97. The number of rotatable bonds is 2. The van der Waals surface area contributed by atoms with Crippen molar-refractivity contribution in [1.29, 1.82) is 0 Å². The molecular formula is C8H6Cl2FN. The molecule has 0 saturated heterocycles. The molecule has 0 bridgehead atoms. The summed E-state index contributed by atoms with van der Waals surface area (Å²) in [4.78, 5) is 3.76. The Labute approximate surface area is 79.8 Å². The summed E-state index contributed by atoms with van der Waals surface area (Å²) < 4.78 is 12.9. The van der Waals surface area contributed by atoms with Gasteiger partial charge in [0.1, 0.15) is 5.82 Å². The molecule has 1 heterocycles. The molecule has 0 saturated carbocycles. The van der Waals surface area contributed by atoms with Crippen LogP contribution in [0.25, 0.3) is 6.08 Å². The van der Waals surface area contributed by atoms with Crippen LogP contribution < -0.4 is 0 Å². The van der Waals surface area contributed by atoms with Crippen LogP contribution in [0.1, 0.15) is 5.69 Å². The average molecular weight is 206 g/mol. The molecule has 12 heavy (non-hydrogen) atoms. The Morgan fingerprint density at radius 3 is 2.92 bits per heavy atom. The summed E-state index contributed by atoms with van der Waals surface area (Å²) in [6.45, 7) is 0. The highest BCUT2D eigenvalue weighted by molar-refractivity contribution is 6.30. The zero-order valence-corrected chi connectivity index (χ0v) is 7.61. The predicted octanol–water partition coefficient (Wildman–Crippen LogP) is 3.13. The maximum absolute atomic E-state index is 12.9. The summed E-state index contributed by atoms with van der Waals surface area (Å²) in [6.07, 6.45) is 4.51. The minimum atomic E-state index is -0.441. The van der Waals surface area contributed by atoms with Crippen LogP contribution in [0.4, 0.5) is 4.39 Å². The molecule has 1 aromatic heterocycles. The van der Waals surface area contributed by atoms with Gasteiger partial charge in [0.15, 0.2) is 0 Å². The molecule has 0 atom stereocenters. The highest BCUT2D eigenvalue weighted by atomic mass is 35.5. The monoisotopic (exact) mass is 205 g/mol. The normalized spacial score (nSPS) is 10.9. The number of alkyl halides is 1. The Morgan fingerprint density at radius 1 is 1.58 bits per heavy atom. The first-order valence-electron chi connectivity index (χ1n) is 3.27. The van der Waals surface area contributed by atoms with E-state index in [-0.39, 0.29) is 10.7 Å². The van der Waals surface area contributed by atoms with Crippen molar-refractivity contribution in [3.8, 4) is 0 Å². The number of hydrogen-bond donors (Lipinski definition) is 0. The van der Waals surface area contributed by atoms with Crippen LogP contribution in [0.15, 0.2) is 18.3 Å². The van der Waals surface area contributed by atoms with Crippen LogP contribution in [-0.2, 0) is 0 Å². The standard InChI is InChI=1S/C8H6Cl2FN/c9-3-1-2-8-7(11)4-6(10)5-12-8/h1-2,4-5H,3H2. The van der Waals surface area contributed by atoms with Gasteiger partial charge in [-0.1, -0.05) is 17.7 Å². The van der Waals surface area contributed by atoms with Crippen LogP contribution in [0, 0.1) is 5.82 Å². The van der Waals surface area contributed by atoms with E-state index >= 15 is 0 Å². The maximum Gasteiger partial charge on any atom is 0.150 e. The lowest BCUT2D eigenvalue weighted by Gasteiger charge is -1.94. The first kappa shape index (κ1) is 9.49. The summed E-state index contributed by atoms with van der Waals surface area (Å²) >= 11 is 10.9. The van der Waals surface area contributed by atoms with Crippen LogP contribution >= 0.6 is 23.2 Å². The first-order valence-corrected chi connectivity index (χ1v) is 4.19. The van der Waals surface area contributed by atoms with Crippen LogP contribution in [-0.4, -0.2) is 10.9 Å². The van der Waals surface area contributed by atoms with E-state index < -0.39 is 5.82 Å². The molecule has 0 radical (unpaired) electrons. The van der Waals surface area contributed by atoms with Crippen molar-refractivity contribution in [2.45, 2.75) is 0 Å². The average Bonchev–Trinajstić information content (AvgIpc) is 2.03. The van der Waals surface area contributed by atoms with E-state index in [1.165, 1.54) is 18.3 Å². The Hall–Kier alpha value is -0.600. The summed E-state index contributed by atoms with van der Waals surface area (Å²) in [5, 5.41) is 0.288. The predicted molar refractivity (Wildman–Crippen MR) is 49.0 cm³/mol. The summed E-state index contributed by atoms with van der Waals surface area (Å²) in [7, 11) is 0. The van der Waals surface area contributed by atoms with Gasteiger partial charge in [-0.05, 0) is 12.1 Å². The molecule has 4 heteroatoms. The molecule has 1 nitrogen and oxygen atoms in total. The van der Waals surface area contributed by atoms with E-state index in [1.807, 2.05) is 0 Å². The highest BCUT2D eigenvalue weighted by Crippen LogP contribution is 2.12. The summed E-state index contributed by atoms with van der Waals surface area (Å²) in [5.41, 5.74) is 0.250. The van der Waals surface area contributed by atoms with Crippen LogP contribution in [0.3, 0.4) is 0 Å². The molecule has 0 aromatic carbocycles. The van der Waals surface area contributed by atoms with Gasteiger partial charge in [0, 0.05) is 12.1 Å². The Morgan fingerprint density at radius 2 is 2.33 bits per heavy atom. The van der Waals surface area contributed by atoms with E-state index in [0.29, 0.717) is 5.88 Å². The van der Waals surface area contributed by atoms with Gasteiger partial charge in [-0.15, -0.1) is 11.6 Å². The fourth-order valence-corrected chi connectivity index (χ4v) is 0.938. The van der Waals surface area contributed by atoms with Crippen molar-refractivity contribution in [3.63, 3.8) is 0 Å². The van der Waals surface area contributed by atoms with E-state index in [4.69, 9.17) is 23.2 Å². The quantitative estimate of drug-likeness (QED) is 0.677. The van der Waals surface area contributed by atoms with Gasteiger partial charge in [0.25, 0.3) is 0 Å². The molecule has 0 unspecified atom stereocenters. The van der Waals surface area contributed by atoms with Crippen LogP contribution in [0.5, 0.6) is 0 Å². The fraction of sp³-hybridized carbons (Fsp3) is 0.125. The third kappa shape index (κ3) is 2.47. The Kier molecular flexibility index (Phi) is 3.50. The van der Waals surface area contributed by atoms with Gasteiger partial charge in [-0.2, -0.15) is 0 Å². The van der Waals surface area contributed by atoms with E-state index in [1.54, 1.807) is 6.08 Å². The molecule has 0 spiro atoms. The van der Waals surface area contributed by atoms with Crippen LogP contribution in [0.2, 0.25) is 5.02 Å². The number of nitrogens with zero attached hydrogens (tertiary/aromatic N) is 1. The van der Waals surface area contributed by atoms with Gasteiger partial charge in [0.2, 0.25) is 0 Å². The molecule has 0 amide bonds. The molecule has 0 aliphatic carbocycles. The van der Waals surface area contributed by atoms with Gasteiger partial charge >= 0.3 is 0 Å². The smallest absolute Gasteiger partial charge is 0.150 e. The van der Waals surface area contributed by atoms with E-state index in [9.17, 15) is 4.39 Å². The number of hydrogen-bond acceptors (Lipinski definition) is 1. The summed E-state index contributed by atoms with van der Waals surface area (Å²) in [6, 6.07) is 1.21. The molecule has 0 fully saturated rings. The molecule has 0 N–H and O–H groups in total. The Bertz CT molecular complexity index is 299. The second kappa shape index (κ2) is 4.43. The Balaban J connectivity index is 2.94.